The van der Waals surface area contributed by atoms with Crippen LogP contribution in [0.2, 0.25) is 0 Å². The molecule has 0 aromatic heterocycles. The van der Waals surface area contributed by atoms with Gasteiger partial charge in [0.2, 0.25) is 5.91 Å². The SMILES string of the molecule is CC=CC(=O)NCCNC. The second-order valence-corrected chi connectivity index (χ2v) is 1.89. The van der Waals surface area contributed by atoms with Crippen molar-refractivity contribution >= 4 is 5.91 Å². The van der Waals surface area contributed by atoms with Crippen molar-refractivity contribution in [2.24, 2.45) is 0 Å². The van der Waals surface area contributed by atoms with Gasteiger partial charge in [0.15, 0.2) is 0 Å². The number of amides is 1. The van der Waals surface area contributed by atoms with Crippen LogP contribution in [0, 0.1) is 0 Å². The van der Waals surface area contributed by atoms with Gasteiger partial charge in [-0.2, -0.15) is 0 Å². The Morgan fingerprint density at radius 2 is 2.20 bits per heavy atom. The van der Waals surface area contributed by atoms with E-state index in [9.17, 15) is 4.79 Å². The van der Waals surface area contributed by atoms with Gasteiger partial charge in [0.1, 0.15) is 0 Å². The van der Waals surface area contributed by atoms with Crippen molar-refractivity contribution in [3.05, 3.63) is 12.2 Å². The summed E-state index contributed by atoms with van der Waals surface area (Å²) >= 11 is 0. The lowest BCUT2D eigenvalue weighted by atomic mass is 10.5. The van der Waals surface area contributed by atoms with Gasteiger partial charge in [-0.3, -0.25) is 4.79 Å². The Morgan fingerprint density at radius 1 is 1.50 bits per heavy atom. The Labute approximate surface area is 61.5 Å². The zero-order valence-electron chi connectivity index (χ0n) is 6.48. The minimum atomic E-state index is -0.0299. The third-order valence-corrected chi connectivity index (χ3v) is 0.992. The molecule has 0 rings (SSSR count). The van der Waals surface area contributed by atoms with Crippen molar-refractivity contribution < 1.29 is 4.79 Å². The molecule has 3 nitrogen and oxygen atoms in total. The monoisotopic (exact) mass is 142 g/mol. The summed E-state index contributed by atoms with van der Waals surface area (Å²) in [6, 6.07) is 0. The van der Waals surface area contributed by atoms with Gasteiger partial charge in [0.05, 0.1) is 0 Å². The van der Waals surface area contributed by atoms with E-state index in [-0.39, 0.29) is 5.91 Å². The fraction of sp³-hybridized carbons (Fsp3) is 0.571. The Hall–Kier alpha value is -0.830. The number of carbonyl (C=O) groups is 1. The molecule has 0 unspecified atom stereocenters. The van der Waals surface area contributed by atoms with Crippen LogP contribution < -0.4 is 10.6 Å². The smallest absolute Gasteiger partial charge is 0.243 e. The standard InChI is InChI=1S/C7H14N2O/c1-3-4-7(10)9-6-5-8-2/h3-4,8H,5-6H2,1-2H3,(H,9,10). The average Bonchev–Trinajstić information content (AvgIpc) is 1.89. The van der Waals surface area contributed by atoms with Crippen LogP contribution in [0.5, 0.6) is 0 Å². The number of likely N-dealkylation sites (N-methyl/N-ethyl adjacent to an activating group) is 1. The fourth-order valence-corrected chi connectivity index (χ4v) is 0.521. The zero-order chi connectivity index (χ0) is 7.82. The maximum atomic E-state index is 10.7. The highest BCUT2D eigenvalue weighted by Crippen LogP contribution is 1.69. The van der Waals surface area contributed by atoms with E-state index in [4.69, 9.17) is 0 Å². The molecule has 0 fully saturated rings. The van der Waals surface area contributed by atoms with Crippen LogP contribution in [0.4, 0.5) is 0 Å². The van der Waals surface area contributed by atoms with Gasteiger partial charge >= 0.3 is 0 Å². The lowest BCUT2D eigenvalue weighted by molar-refractivity contribution is -0.116. The van der Waals surface area contributed by atoms with Gasteiger partial charge < -0.3 is 10.6 Å². The maximum Gasteiger partial charge on any atom is 0.243 e. The molecule has 1 amide bonds. The molecule has 0 atom stereocenters. The number of allylic oxidation sites excluding steroid dienone is 1. The molecule has 0 aromatic carbocycles. The Balaban J connectivity index is 3.22. The Bertz CT molecular complexity index is 121. The minimum Gasteiger partial charge on any atom is -0.351 e. The van der Waals surface area contributed by atoms with E-state index < -0.39 is 0 Å². The van der Waals surface area contributed by atoms with Gasteiger partial charge in [-0.15, -0.1) is 0 Å². The first-order chi connectivity index (χ1) is 4.81. The van der Waals surface area contributed by atoms with Crippen molar-refractivity contribution in [1.82, 2.24) is 10.6 Å². The largest absolute Gasteiger partial charge is 0.351 e. The van der Waals surface area contributed by atoms with Gasteiger partial charge in [0, 0.05) is 13.1 Å². The maximum absolute atomic E-state index is 10.7. The summed E-state index contributed by atoms with van der Waals surface area (Å²) < 4.78 is 0. The van der Waals surface area contributed by atoms with Gasteiger partial charge in [-0.1, -0.05) is 6.08 Å². The van der Waals surface area contributed by atoms with Crippen LogP contribution in [0.3, 0.4) is 0 Å². The number of nitrogens with one attached hydrogen (secondary N) is 2. The number of hydrogen-bond donors (Lipinski definition) is 2. The summed E-state index contributed by atoms with van der Waals surface area (Å²) in [5, 5.41) is 5.62. The molecular weight excluding hydrogens is 128 g/mol. The van der Waals surface area contributed by atoms with Crippen LogP contribution in [0.25, 0.3) is 0 Å². The normalized spacial score (nSPS) is 10.2. The Morgan fingerprint density at radius 3 is 2.70 bits per heavy atom. The summed E-state index contributed by atoms with van der Waals surface area (Å²) in [6.45, 7) is 3.31. The van der Waals surface area contributed by atoms with Crippen molar-refractivity contribution in [3.63, 3.8) is 0 Å². The van der Waals surface area contributed by atoms with E-state index in [0.29, 0.717) is 6.54 Å². The first-order valence-corrected chi connectivity index (χ1v) is 3.36. The van der Waals surface area contributed by atoms with Crippen LogP contribution in [0.1, 0.15) is 6.92 Å². The molecule has 2 N–H and O–H groups in total. The molecular formula is C7H14N2O. The number of hydrogen-bond acceptors (Lipinski definition) is 2. The van der Waals surface area contributed by atoms with E-state index in [0.717, 1.165) is 6.54 Å². The fourth-order valence-electron chi connectivity index (χ4n) is 0.521. The molecule has 0 heterocycles. The van der Waals surface area contributed by atoms with E-state index in [2.05, 4.69) is 10.6 Å². The molecule has 0 spiro atoms. The highest BCUT2D eigenvalue weighted by molar-refractivity contribution is 5.87. The first kappa shape index (κ1) is 9.17. The average molecular weight is 142 g/mol. The molecule has 0 aromatic rings. The zero-order valence-corrected chi connectivity index (χ0v) is 6.48. The van der Waals surface area contributed by atoms with Crippen LogP contribution >= 0.6 is 0 Å². The van der Waals surface area contributed by atoms with Gasteiger partial charge in [-0.05, 0) is 20.0 Å². The lowest BCUT2D eigenvalue weighted by Gasteiger charge is -1.99. The summed E-state index contributed by atoms with van der Waals surface area (Å²) in [5.74, 6) is -0.0299. The molecule has 0 saturated carbocycles. The summed E-state index contributed by atoms with van der Waals surface area (Å²) in [5.41, 5.74) is 0. The van der Waals surface area contributed by atoms with E-state index in [1.54, 1.807) is 6.08 Å². The highest BCUT2D eigenvalue weighted by atomic mass is 16.1. The predicted molar refractivity (Wildman–Crippen MR) is 41.8 cm³/mol. The van der Waals surface area contributed by atoms with E-state index in [1.165, 1.54) is 6.08 Å². The highest BCUT2D eigenvalue weighted by Gasteiger charge is 1.89. The Kier molecular flexibility index (Phi) is 5.77. The van der Waals surface area contributed by atoms with Crippen molar-refractivity contribution in [2.45, 2.75) is 6.92 Å². The van der Waals surface area contributed by atoms with Crippen LogP contribution in [-0.4, -0.2) is 26.0 Å². The molecule has 0 aliphatic rings. The van der Waals surface area contributed by atoms with Gasteiger partial charge in [-0.25, -0.2) is 0 Å². The third-order valence-electron chi connectivity index (χ3n) is 0.992. The van der Waals surface area contributed by atoms with Gasteiger partial charge in [0.25, 0.3) is 0 Å². The minimum absolute atomic E-state index is 0.0299. The summed E-state index contributed by atoms with van der Waals surface area (Å²) in [6.07, 6.45) is 3.23. The second kappa shape index (κ2) is 6.29. The van der Waals surface area contributed by atoms with Crippen molar-refractivity contribution in [2.75, 3.05) is 20.1 Å². The molecule has 0 aliphatic heterocycles. The lowest BCUT2D eigenvalue weighted by Crippen LogP contribution is -2.28. The molecule has 0 bridgehead atoms. The quantitative estimate of drug-likeness (QED) is 0.425. The number of carbonyl (C=O) groups excluding carboxylic acids is 1. The van der Waals surface area contributed by atoms with E-state index in [1.807, 2.05) is 14.0 Å². The topological polar surface area (TPSA) is 41.1 Å². The molecule has 58 valence electrons. The van der Waals surface area contributed by atoms with Crippen molar-refractivity contribution in [1.29, 1.82) is 0 Å². The molecule has 0 aliphatic carbocycles. The second-order valence-electron chi connectivity index (χ2n) is 1.89. The summed E-state index contributed by atoms with van der Waals surface area (Å²) in [4.78, 5) is 10.7. The summed E-state index contributed by atoms with van der Waals surface area (Å²) in [7, 11) is 1.85. The number of rotatable bonds is 4. The molecule has 0 saturated heterocycles. The third kappa shape index (κ3) is 5.31. The van der Waals surface area contributed by atoms with Crippen LogP contribution in [-0.2, 0) is 4.79 Å². The molecule has 3 heteroatoms. The van der Waals surface area contributed by atoms with E-state index >= 15 is 0 Å². The first-order valence-electron chi connectivity index (χ1n) is 3.36. The molecule has 0 radical (unpaired) electrons. The molecule has 10 heavy (non-hydrogen) atoms. The van der Waals surface area contributed by atoms with Crippen molar-refractivity contribution in [3.8, 4) is 0 Å². The predicted octanol–water partition coefficient (Wildman–Crippen LogP) is -0.102. The van der Waals surface area contributed by atoms with Crippen LogP contribution in [0.15, 0.2) is 12.2 Å².